The molecule has 0 aliphatic heterocycles. The van der Waals surface area contributed by atoms with Gasteiger partial charge in [0.05, 0.1) is 0 Å². The fourth-order valence-corrected chi connectivity index (χ4v) is 6.75. The molecular formula is C15H19NO. The molecule has 0 radical (unpaired) electrons. The molecule has 0 aromatic carbocycles. The first-order valence-electron chi connectivity index (χ1n) is 7.64. The largest absolute Gasteiger partial charge is 0.356 e. The van der Waals surface area contributed by atoms with Crippen molar-refractivity contribution in [2.24, 2.45) is 59.2 Å². The molecule has 17 heavy (non-hydrogen) atoms. The Bertz CT molecular complexity index is 418. The third-order valence-corrected chi connectivity index (χ3v) is 7.30. The van der Waals surface area contributed by atoms with Crippen LogP contribution in [0.1, 0.15) is 19.3 Å². The highest BCUT2D eigenvalue weighted by molar-refractivity contribution is 5.83. The molecular weight excluding hydrogens is 210 g/mol. The Labute approximate surface area is 102 Å². The highest BCUT2D eigenvalue weighted by Crippen LogP contribution is 2.89. The number of hydrogen-bond acceptors (Lipinski definition) is 1. The van der Waals surface area contributed by atoms with E-state index in [2.05, 4.69) is 5.32 Å². The van der Waals surface area contributed by atoms with Gasteiger partial charge in [-0.15, -0.1) is 0 Å². The van der Waals surface area contributed by atoms with Crippen molar-refractivity contribution in [3.63, 3.8) is 0 Å². The van der Waals surface area contributed by atoms with Gasteiger partial charge in [0, 0.05) is 12.5 Å². The van der Waals surface area contributed by atoms with Gasteiger partial charge < -0.3 is 5.32 Å². The molecule has 1 amide bonds. The van der Waals surface area contributed by atoms with E-state index >= 15 is 0 Å². The first-order chi connectivity index (χ1) is 8.36. The lowest BCUT2D eigenvalue weighted by molar-refractivity contribution is -0.123. The lowest BCUT2D eigenvalue weighted by Crippen LogP contribution is -2.30. The van der Waals surface area contributed by atoms with E-state index in [9.17, 15) is 4.79 Å². The Kier molecular flexibility index (Phi) is 1.16. The zero-order valence-electron chi connectivity index (χ0n) is 10.0. The predicted octanol–water partition coefficient (Wildman–Crippen LogP) is 1.52. The number of rotatable bonds is 3. The van der Waals surface area contributed by atoms with Crippen LogP contribution < -0.4 is 5.32 Å². The van der Waals surface area contributed by atoms with Crippen LogP contribution in [-0.2, 0) is 4.79 Å². The molecule has 1 N–H and O–H groups in total. The fraction of sp³-hybridized carbons (Fsp3) is 0.933. The smallest absolute Gasteiger partial charge is 0.223 e. The third kappa shape index (κ3) is 0.794. The summed E-state index contributed by atoms with van der Waals surface area (Å²) < 4.78 is 0. The van der Waals surface area contributed by atoms with Crippen LogP contribution in [0.15, 0.2) is 0 Å². The number of fused-ring (bicyclic) bond motifs is 1. The van der Waals surface area contributed by atoms with Crippen molar-refractivity contribution in [3.8, 4) is 0 Å². The molecule has 0 heterocycles. The van der Waals surface area contributed by atoms with Gasteiger partial charge in [0.25, 0.3) is 0 Å². The number of carbonyl (C=O) groups is 1. The summed E-state index contributed by atoms with van der Waals surface area (Å²) >= 11 is 0. The maximum Gasteiger partial charge on any atom is 0.223 e. The quantitative estimate of drug-likeness (QED) is 0.781. The van der Waals surface area contributed by atoms with Crippen molar-refractivity contribution >= 4 is 5.91 Å². The standard InChI is InChI=1S/C15H19NO/c17-15(16-4-5-1-2-5)14-12-10-7-3-6-8(10)9(6)11(7)13(12)14/h5-14H,1-4H2,(H,16,17)/t6?,7?,8-,9-,10+,11+,12+,13+,14?/m0/s1. The molecule has 7 aliphatic rings. The monoisotopic (exact) mass is 229 g/mol. The molecule has 0 unspecified atom stereocenters. The maximum atomic E-state index is 12.2. The van der Waals surface area contributed by atoms with Gasteiger partial charge in [-0.2, -0.15) is 0 Å². The van der Waals surface area contributed by atoms with Gasteiger partial charge in [0.2, 0.25) is 5.91 Å². The van der Waals surface area contributed by atoms with E-state index < -0.39 is 0 Å². The van der Waals surface area contributed by atoms with Gasteiger partial charge in [0.15, 0.2) is 0 Å². The van der Waals surface area contributed by atoms with Crippen LogP contribution in [0.25, 0.3) is 0 Å². The number of amides is 1. The molecule has 6 atom stereocenters. The van der Waals surface area contributed by atoms with Crippen LogP contribution in [0, 0.1) is 59.2 Å². The Balaban J connectivity index is 1.22. The minimum atomic E-state index is 0.431. The van der Waals surface area contributed by atoms with Gasteiger partial charge in [-0.3, -0.25) is 4.79 Å². The minimum absolute atomic E-state index is 0.431. The van der Waals surface area contributed by atoms with E-state index in [-0.39, 0.29) is 0 Å². The summed E-state index contributed by atoms with van der Waals surface area (Å²) in [6.07, 6.45) is 4.24. The van der Waals surface area contributed by atoms with Gasteiger partial charge in [0.1, 0.15) is 0 Å². The zero-order chi connectivity index (χ0) is 10.9. The van der Waals surface area contributed by atoms with Crippen molar-refractivity contribution in [1.82, 2.24) is 5.32 Å². The number of carbonyl (C=O) groups excluding carboxylic acids is 1. The summed E-state index contributed by atoms with van der Waals surface area (Å²) in [5, 5.41) is 3.22. The Hall–Kier alpha value is -0.530. The summed E-state index contributed by atoms with van der Waals surface area (Å²) in [6, 6.07) is 0. The van der Waals surface area contributed by atoms with E-state index in [0.29, 0.717) is 11.8 Å². The van der Waals surface area contributed by atoms with Gasteiger partial charge in [-0.1, -0.05) is 0 Å². The summed E-state index contributed by atoms with van der Waals surface area (Å²) in [7, 11) is 0. The highest BCUT2D eigenvalue weighted by Gasteiger charge is 2.87. The van der Waals surface area contributed by atoms with Crippen molar-refractivity contribution in [3.05, 3.63) is 0 Å². The van der Waals surface area contributed by atoms with Crippen molar-refractivity contribution in [2.45, 2.75) is 19.3 Å². The Morgan fingerprint density at radius 3 is 2.06 bits per heavy atom. The van der Waals surface area contributed by atoms with Gasteiger partial charge in [-0.05, 0) is 72.5 Å². The SMILES string of the molecule is O=C(NCC1CC1)C1[C@@H]2[C@@H]3C4CC5[C@H]3[C@H]5[C@@H]4[C@@H]12. The summed E-state index contributed by atoms with van der Waals surface area (Å²) in [4.78, 5) is 12.2. The van der Waals surface area contributed by atoms with E-state index in [1.54, 1.807) is 6.42 Å². The molecule has 0 aromatic rings. The van der Waals surface area contributed by atoms with Gasteiger partial charge >= 0.3 is 0 Å². The average Bonchev–Trinajstić information content (AvgIpc) is 3.28. The molecule has 90 valence electrons. The fourth-order valence-electron chi connectivity index (χ4n) is 6.75. The molecule has 0 saturated heterocycles. The Morgan fingerprint density at radius 1 is 0.941 bits per heavy atom. The first kappa shape index (κ1) is 8.55. The second-order valence-corrected chi connectivity index (χ2v) is 7.74. The lowest BCUT2D eigenvalue weighted by Gasteiger charge is -2.16. The first-order valence-corrected chi connectivity index (χ1v) is 7.64. The molecule has 2 nitrogen and oxygen atoms in total. The molecule has 0 aromatic heterocycles. The molecule has 7 aliphatic carbocycles. The molecule has 6 bridgehead atoms. The van der Waals surface area contributed by atoms with Crippen molar-refractivity contribution < 1.29 is 4.79 Å². The molecule has 0 spiro atoms. The van der Waals surface area contributed by atoms with Crippen LogP contribution in [0.5, 0.6) is 0 Å². The second-order valence-electron chi connectivity index (χ2n) is 7.74. The predicted molar refractivity (Wildman–Crippen MR) is 61.8 cm³/mol. The third-order valence-electron chi connectivity index (χ3n) is 7.30. The number of hydrogen-bond donors (Lipinski definition) is 1. The summed E-state index contributed by atoms with van der Waals surface area (Å²) in [6.45, 7) is 0.975. The van der Waals surface area contributed by atoms with E-state index in [0.717, 1.165) is 59.8 Å². The topological polar surface area (TPSA) is 29.1 Å². The van der Waals surface area contributed by atoms with Gasteiger partial charge in [-0.25, -0.2) is 0 Å². The van der Waals surface area contributed by atoms with Crippen LogP contribution in [0.2, 0.25) is 0 Å². The van der Waals surface area contributed by atoms with Crippen LogP contribution in [0.3, 0.4) is 0 Å². The second kappa shape index (κ2) is 2.31. The van der Waals surface area contributed by atoms with Crippen LogP contribution in [-0.4, -0.2) is 12.5 Å². The van der Waals surface area contributed by atoms with E-state index in [1.165, 1.54) is 12.8 Å². The van der Waals surface area contributed by atoms with Crippen LogP contribution in [0.4, 0.5) is 0 Å². The molecule has 7 saturated carbocycles. The van der Waals surface area contributed by atoms with Crippen LogP contribution >= 0.6 is 0 Å². The zero-order valence-corrected chi connectivity index (χ0v) is 10.0. The molecule has 7 fully saturated rings. The molecule has 2 heteroatoms. The normalized spacial score (nSPS) is 66.9. The highest BCUT2D eigenvalue weighted by atomic mass is 16.2. The van der Waals surface area contributed by atoms with E-state index in [4.69, 9.17) is 0 Å². The van der Waals surface area contributed by atoms with E-state index in [1.807, 2.05) is 0 Å². The summed E-state index contributed by atoms with van der Waals surface area (Å²) in [5.74, 6) is 9.86. The maximum absolute atomic E-state index is 12.2. The average molecular weight is 229 g/mol. The lowest BCUT2D eigenvalue weighted by atomic mass is 9.91. The molecule has 7 rings (SSSR count). The Morgan fingerprint density at radius 2 is 1.53 bits per heavy atom. The number of nitrogens with one attached hydrogen (secondary N) is 1. The summed E-state index contributed by atoms with van der Waals surface area (Å²) in [5.41, 5.74) is 0. The van der Waals surface area contributed by atoms with Crippen molar-refractivity contribution in [2.75, 3.05) is 6.54 Å². The van der Waals surface area contributed by atoms with Crippen molar-refractivity contribution in [1.29, 1.82) is 0 Å². The minimum Gasteiger partial charge on any atom is -0.356 e.